The molecule has 2 aromatic carbocycles. The van der Waals surface area contributed by atoms with Crippen LogP contribution in [-0.2, 0) is 14.8 Å². The number of amides is 1. The van der Waals surface area contributed by atoms with Gasteiger partial charge in [-0.05, 0) is 37.1 Å². The molecule has 0 aromatic heterocycles. The van der Waals surface area contributed by atoms with Gasteiger partial charge in [0, 0.05) is 19.0 Å². The molecule has 0 saturated carbocycles. The first-order valence-corrected chi connectivity index (χ1v) is 11.6. The van der Waals surface area contributed by atoms with Crippen LogP contribution < -0.4 is 5.32 Å². The minimum Gasteiger partial charge on any atom is -0.325 e. The predicted octanol–water partition coefficient (Wildman–Crippen LogP) is 4.69. The number of piperidine rings is 1. The molecule has 1 aliphatic heterocycles. The first-order valence-electron chi connectivity index (χ1n) is 8.88. The van der Waals surface area contributed by atoms with Crippen LogP contribution in [0.4, 0.5) is 14.5 Å². The standard InChI is InChI=1S/C19H19ClF2N2O3S2/c20-15-7-4-8-16(17(15)28-19(21)22)23-18(25)13-9-11-24(12-10-13)29(26,27)14-5-2-1-3-6-14/h1-8,13,19H,9-12H2,(H,23,25). The lowest BCUT2D eigenvalue weighted by Crippen LogP contribution is -2.41. The number of nitrogens with one attached hydrogen (secondary N) is 1. The number of thioether (sulfide) groups is 1. The third-order valence-corrected chi connectivity index (χ3v) is 7.83. The van der Waals surface area contributed by atoms with E-state index in [1.807, 2.05) is 0 Å². The molecule has 5 nitrogen and oxygen atoms in total. The van der Waals surface area contributed by atoms with E-state index in [1.54, 1.807) is 24.3 Å². The summed E-state index contributed by atoms with van der Waals surface area (Å²) in [4.78, 5) is 13.0. The van der Waals surface area contributed by atoms with E-state index in [0.717, 1.165) is 0 Å². The van der Waals surface area contributed by atoms with Gasteiger partial charge >= 0.3 is 0 Å². The largest absolute Gasteiger partial charge is 0.325 e. The Morgan fingerprint density at radius 1 is 1.10 bits per heavy atom. The van der Waals surface area contributed by atoms with E-state index in [1.165, 1.54) is 28.6 Å². The molecule has 0 unspecified atom stereocenters. The summed E-state index contributed by atoms with van der Waals surface area (Å²) in [6, 6.07) is 12.7. The zero-order valence-corrected chi connectivity index (χ0v) is 17.6. The Hall–Kier alpha value is -1.68. The zero-order valence-electron chi connectivity index (χ0n) is 15.2. The van der Waals surface area contributed by atoms with Crippen LogP contribution in [0.3, 0.4) is 0 Å². The van der Waals surface area contributed by atoms with Gasteiger partial charge in [-0.1, -0.05) is 47.6 Å². The van der Waals surface area contributed by atoms with Crippen LogP contribution in [0.1, 0.15) is 12.8 Å². The number of hydrogen-bond donors (Lipinski definition) is 1. The van der Waals surface area contributed by atoms with Crippen molar-refractivity contribution in [3.05, 3.63) is 53.6 Å². The highest BCUT2D eigenvalue weighted by Gasteiger charge is 2.32. The number of alkyl halides is 2. The zero-order chi connectivity index (χ0) is 21.0. The van der Waals surface area contributed by atoms with Crippen LogP contribution in [0.2, 0.25) is 5.02 Å². The average molecular weight is 461 g/mol. The number of rotatable bonds is 6. The molecule has 0 radical (unpaired) electrons. The van der Waals surface area contributed by atoms with Gasteiger partial charge in [0.2, 0.25) is 15.9 Å². The monoisotopic (exact) mass is 460 g/mol. The molecule has 1 heterocycles. The average Bonchev–Trinajstić information content (AvgIpc) is 2.71. The molecule has 0 bridgehead atoms. The topological polar surface area (TPSA) is 66.5 Å². The highest BCUT2D eigenvalue weighted by Crippen LogP contribution is 2.38. The Kier molecular flexibility index (Phi) is 7.15. The number of carbonyl (C=O) groups excluding carboxylic acids is 1. The molecule has 2 aromatic rings. The summed E-state index contributed by atoms with van der Waals surface area (Å²) < 4.78 is 52.3. The fraction of sp³-hybridized carbons (Fsp3) is 0.316. The van der Waals surface area contributed by atoms with Crippen LogP contribution in [0.15, 0.2) is 58.3 Å². The van der Waals surface area contributed by atoms with Crippen molar-refractivity contribution in [3.63, 3.8) is 0 Å². The van der Waals surface area contributed by atoms with Crippen molar-refractivity contribution in [2.75, 3.05) is 18.4 Å². The van der Waals surface area contributed by atoms with Crippen LogP contribution in [0, 0.1) is 5.92 Å². The molecular weight excluding hydrogens is 442 g/mol. The van der Waals surface area contributed by atoms with E-state index in [4.69, 9.17) is 11.6 Å². The molecule has 1 saturated heterocycles. The molecule has 29 heavy (non-hydrogen) atoms. The van der Waals surface area contributed by atoms with Crippen LogP contribution in [0.5, 0.6) is 0 Å². The van der Waals surface area contributed by atoms with Crippen molar-refractivity contribution in [1.29, 1.82) is 0 Å². The van der Waals surface area contributed by atoms with Gasteiger partial charge in [0.25, 0.3) is 5.76 Å². The van der Waals surface area contributed by atoms with Gasteiger partial charge in [0.15, 0.2) is 0 Å². The maximum atomic E-state index is 12.8. The Morgan fingerprint density at radius 3 is 2.38 bits per heavy atom. The molecule has 156 valence electrons. The van der Waals surface area contributed by atoms with Crippen molar-refractivity contribution in [1.82, 2.24) is 4.31 Å². The molecule has 1 amide bonds. The van der Waals surface area contributed by atoms with E-state index >= 15 is 0 Å². The Labute approximate surface area is 177 Å². The number of benzene rings is 2. The summed E-state index contributed by atoms with van der Waals surface area (Å²) in [5.74, 6) is -3.42. The van der Waals surface area contributed by atoms with Crippen LogP contribution in [-0.4, -0.2) is 37.5 Å². The minimum absolute atomic E-state index is 0.113. The molecule has 1 N–H and O–H groups in total. The fourth-order valence-corrected chi connectivity index (χ4v) is 5.55. The summed E-state index contributed by atoms with van der Waals surface area (Å²) in [5.41, 5.74) is 0.229. The smallest absolute Gasteiger partial charge is 0.289 e. The maximum Gasteiger partial charge on any atom is 0.289 e. The van der Waals surface area contributed by atoms with Gasteiger partial charge < -0.3 is 5.32 Å². The van der Waals surface area contributed by atoms with E-state index in [2.05, 4.69) is 5.32 Å². The second kappa shape index (κ2) is 9.42. The summed E-state index contributed by atoms with van der Waals surface area (Å²) in [6.45, 7) is 0.424. The highest BCUT2D eigenvalue weighted by molar-refractivity contribution is 7.99. The van der Waals surface area contributed by atoms with Crippen LogP contribution in [0.25, 0.3) is 0 Å². The van der Waals surface area contributed by atoms with Gasteiger partial charge in [0.1, 0.15) is 0 Å². The second-order valence-electron chi connectivity index (χ2n) is 6.48. The second-order valence-corrected chi connectivity index (χ2v) is 9.82. The predicted molar refractivity (Wildman–Crippen MR) is 110 cm³/mol. The van der Waals surface area contributed by atoms with Gasteiger partial charge in [-0.2, -0.15) is 13.1 Å². The van der Waals surface area contributed by atoms with Gasteiger partial charge in [-0.15, -0.1) is 0 Å². The van der Waals surface area contributed by atoms with Gasteiger partial charge in [-0.3, -0.25) is 4.79 Å². The van der Waals surface area contributed by atoms with Crippen molar-refractivity contribution >= 4 is 45.0 Å². The molecular formula is C19H19ClF2N2O3S2. The van der Waals surface area contributed by atoms with Crippen molar-refractivity contribution in [3.8, 4) is 0 Å². The third-order valence-electron chi connectivity index (χ3n) is 4.64. The number of carbonyl (C=O) groups is 1. The van der Waals surface area contributed by atoms with Gasteiger partial charge in [-0.25, -0.2) is 8.42 Å². The van der Waals surface area contributed by atoms with Crippen molar-refractivity contribution in [2.24, 2.45) is 5.92 Å². The highest BCUT2D eigenvalue weighted by atomic mass is 35.5. The summed E-state index contributed by atoms with van der Waals surface area (Å²) >= 11 is 6.27. The summed E-state index contributed by atoms with van der Waals surface area (Å²) in [7, 11) is -3.60. The van der Waals surface area contributed by atoms with Crippen LogP contribution >= 0.6 is 23.4 Å². The van der Waals surface area contributed by atoms with E-state index < -0.39 is 21.7 Å². The van der Waals surface area contributed by atoms with Crippen molar-refractivity contribution < 1.29 is 22.0 Å². The number of anilines is 1. The Bertz CT molecular complexity index is 967. The molecule has 0 spiro atoms. The normalized spacial score (nSPS) is 16.1. The van der Waals surface area contributed by atoms with E-state index in [9.17, 15) is 22.0 Å². The number of sulfonamides is 1. The Morgan fingerprint density at radius 2 is 1.76 bits per heavy atom. The summed E-state index contributed by atoms with van der Waals surface area (Å²) in [6.07, 6.45) is 0.686. The SMILES string of the molecule is O=C(Nc1cccc(Cl)c1SC(F)F)C1CCN(S(=O)(=O)c2ccccc2)CC1. The summed E-state index contributed by atoms with van der Waals surface area (Å²) in [5, 5.41) is 2.80. The lowest BCUT2D eigenvalue weighted by molar-refractivity contribution is -0.120. The first kappa shape index (κ1) is 22.0. The van der Waals surface area contributed by atoms with Gasteiger partial charge in [0.05, 0.1) is 20.5 Å². The van der Waals surface area contributed by atoms with E-state index in [-0.39, 0.29) is 51.3 Å². The maximum absolute atomic E-state index is 12.8. The molecule has 1 fully saturated rings. The molecule has 1 aliphatic rings. The quantitative estimate of drug-likeness (QED) is 0.635. The third kappa shape index (κ3) is 5.28. The van der Waals surface area contributed by atoms with E-state index in [0.29, 0.717) is 12.8 Å². The van der Waals surface area contributed by atoms with Crippen molar-refractivity contribution in [2.45, 2.75) is 28.4 Å². The fourth-order valence-electron chi connectivity index (χ4n) is 3.15. The number of nitrogens with zero attached hydrogens (tertiary/aromatic N) is 1. The minimum atomic E-state index is -3.60. The lowest BCUT2D eigenvalue weighted by atomic mass is 9.97. The Balaban J connectivity index is 1.65. The molecule has 0 atom stereocenters. The molecule has 0 aliphatic carbocycles. The first-order chi connectivity index (χ1) is 13.8. The number of hydrogen-bond acceptors (Lipinski definition) is 4. The number of halogens is 3. The lowest BCUT2D eigenvalue weighted by Gasteiger charge is -2.30. The molecule has 3 rings (SSSR count). The molecule has 10 heteroatoms.